The molecule has 164 valence electrons. The molecule has 0 bridgehead atoms. The van der Waals surface area contributed by atoms with Gasteiger partial charge in [-0.15, -0.1) is 5.10 Å². The Morgan fingerprint density at radius 3 is 2.82 bits per heavy atom. The SMILES string of the molecule is C[C@H](NC(=O)c1c(N)nn2cccnc12)c1cc2cccc(Cl)c2c(=O)n1-c1cccnc1. The fourth-order valence-corrected chi connectivity index (χ4v) is 4.14. The molecule has 1 aromatic carbocycles. The molecule has 4 heterocycles. The van der Waals surface area contributed by atoms with Crippen LogP contribution >= 0.6 is 11.6 Å². The van der Waals surface area contributed by atoms with Gasteiger partial charge >= 0.3 is 0 Å². The molecule has 0 unspecified atom stereocenters. The first-order valence-electron chi connectivity index (χ1n) is 10.1. The van der Waals surface area contributed by atoms with E-state index in [0.717, 1.165) is 0 Å². The summed E-state index contributed by atoms with van der Waals surface area (Å²) in [5.74, 6) is -0.390. The zero-order valence-electron chi connectivity index (χ0n) is 17.4. The lowest BCUT2D eigenvalue weighted by atomic mass is 10.1. The Morgan fingerprint density at radius 2 is 2.03 bits per heavy atom. The average molecular weight is 460 g/mol. The van der Waals surface area contributed by atoms with Crippen LogP contribution in [0.15, 0.2) is 72.0 Å². The number of nitrogens with one attached hydrogen (secondary N) is 1. The number of fused-ring (bicyclic) bond motifs is 2. The third-order valence-corrected chi connectivity index (χ3v) is 5.68. The molecule has 0 spiro atoms. The van der Waals surface area contributed by atoms with Crippen LogP contribution in [0.4, 0.5) is 5.82 Å². The van der Waals surface area contributed by atoms with Gasteiger partial charge in [0.15, 0.2) is 11.5 Å². The van der Waals surface area contributed by atoms with Crippen LogP contribution in [0.5, 0.6) is 0 Å². The molecular weight excluding hydrogens is 442 g/mol. The molecule has 3 N–H and O–H groups in total. The number of pyridine rings is 2. The highest BCUT2D eigenvalue weighted by molar-refractivity contribution is 6.35. The number of hydrogen-bond donors (Lipinski definition) is 2. The molecule has 0 saturated carbocycles. The summed E-state index contributed by atoms with van der Waals surface area (Å²) < 4.78 is 2.95. The summed E-state index contributed by atoms with van der Waals surface area (Å²) in [6, 6.07) is 11.7. The van der Waals surface area contributed by atoms with E-state index in [1.165, 1.54) is 9.08 Å². The van der Waals surface area contributed by atoms with Gasteiger partial charge in [0, 0.05) is 24.3 Å². The fourth-order valence-electron chi connectivity index (χ4n) is 3.88. The van der Waals surface area contributed by atoms with Gasteiger partial charge in [0.05, 0.1) is 28.3 Å². The minimum atomic E-state index is -0.577. The smallest absolute Gasteiger partial charge is 0.264 e. The number of rotatable bonds is 4. The lowest BCUT2D eigenvalue weighted by molar-refractivity contribution is 0.0941. The Hall–Kier alpha value is -4.24. The summed E-state index contributed by atoms with van der Waals surface area (Å²) in [5, 5.41) is 8.47. The Kier molecular flexibility index (Phi) is 5.02. The molecule has 0 aliphatic carbocycles. The van der Waals surface area contributed by atoms with Crippen LogP contribution in [0.25, 0.3) is 22.1 Å². The van der Waals surface area contributed by atoms with Gasteiger partial charge in [-0.3, -0.25) is 19.1 Å². The fraction of sp³-hybridized carbons (Fsp3) is 0.0870. The number of carbonyl (C=O) groups excluding carboxylic acids is 1. The number of benzene rings is 1. The summed E-state index contributed by atoms with van der Waals surface area (Å²) in [6.07, 6.45) is 6.42. The highest BCUT2D eigenvalue weighted by Gasteiger charge is 2.23. The molecule has 0 radical (unpaired) electrons. The topological polar surface area (TPSA) is 120 Å². The summed E-state index contributed by atoms with van der Waals surface area (Å²) in [7, 11) is 0. The van der Waals surface area contributed by atoms with E-state index in [2.05, 4.69) is 20.4 Å². The minimum absolute atomic E-state index is 0.0633. The standard InChI is InChI=1S/C23H18ClN7O2/c1-13(28-22(32)19-20(25)29-30-10-4-9-27-21(19)30)17-11-14-5-2-7-16(24)18(14)23(33)31(17)15-6-3-8-26-12-15/h2-13H,1H3,(H2,25,29)(H,28,32)/t13-/m0/s1. The third kappa shape index (κ3) is 3.48. The predicted octanol–water partition coefficient (Wildman–Crippen LogP) is 3.16. The van der Waals surface area contributed by atoms with E-state index < -0.39 is 11.9 Å². The van der Waals surface area contributed by atoms with Crippen LogP contribution in [-0.2, 0) is 0 Å². The second kappa shape index (κ2) is 8.03. The molecule has 5 rings (SSSR count). The first-order valence-corrected chi connectivity index (χ1v) is 10.5. The number of anilines is 1. The van der Waals surface area contributed by atoms with E-state index >= 15 is 0 Å². The van der Waals surface area contributed by atoms with Crippen LogP contribution in [0.3, 0.4) is 0 Å². The molecule has 0 fully saturated rings. The summed E-state index contributed by atoms with van der Waals surface area (Å²) in [5.41, 5.74) is 7.31. The van der Waals surface area contributed by atoms with E-state index in [9.17, 15) is 9.59 Å². The number of amides is 1. The maximum Gasteiger partial charge on any atom is 0.264 e. The highest BCUT2D eigenvalue weighted by atomic mass is 35.5. The maximum absolute atomic E-state index is 13.5. The van der Waals surface area contributed by atoms with Crippen molar-refractivity contribution in [1.29, 1.82) is 0 Å². The Morgan fingerprint density at radius 1 is 1.18 bits per heavy atom. The van der Waals surface area contributed by atoms with E-state index in [-0.39, 0.29) is 16.9 Å². The molecular formula is C23H18ClN7O2. The first kappa shape index (κ1) is 20.7. The van der Waals surface area contributed by atoms with Gasteiger partial charge in [-0.05, 0) is 42.6 Å². The molecule has 1 amide bonds. The largest absolute Gasteiger partial charge is 0.381 e. The Bertz CT molecular complexity index is 1580. The van der Waals surface area contributed by atoms with Crippen molar-refractivity contribution < 1.29 is 4.79 Å². The molecule has 33 heavy (non-hydrogen) atoms. The molecule has 0 aliphatic heterocycles. The van der Waals surface area contributed by atoms with Crippen molar-refractivity contribution in [3.05, 3.63) is 93.9 Å². The molecule has 5 aromatic rings. The van der Waals surface area contributed by atoms with Crippen molar-refractivity contribution in [3.8, 4) is 5.69 Å². The quantitative estimate of drug-likeness (QED) is 0.426. The molecule has 4 aromatic heterocycles. The van der Waals surface area contributed by atoms with Crippen molar-refractivity contribution in [2.24, 2.45) is 0 Å². The van der Waals surface area contributed by atoms with Gasteiger partial charge in [0.1, 0.15) is 5.56 Å². The van der Waals surface area contributed by atoms with Crippen molar-refractivity contribution in [2.45, 2.75) is 13.0 Å². The maximum atomic E-state index is 13.5. The van der Waals surface area contributed by atoms with Gasteiger partial charge in [-0.25, -0.2) is 9.50 Å². The second-order valence-electron chi connectivity index (χ2n) is 7.47. The second-order valence-corrected chi connectivity index (χ2v) is 7.88. The Labute approximate surface area is 192 Å². The van der Waals surface area contributed by atoms with Gasteiger partial charge in [0.2, 0.25) is 0 Å². The van der Waals surface area contributed by atoms with Crippen LogP contribution in [0, 0.1) is 0 Å². The van der Waals surface area contributed by atoms with E-state index in [1.807, 2.05) is 6.07 Å². The molecule has 10 heteroatoms. The minimum Gasteiger partial charge on any atom is -0.381 e. The lowest BCUT2D eigenvalue weighted by Crippen LogP contribution is -2.32. The van der Waals surface area contributed by atoms with E-state index in [1.54, 1.807) is 68.1 Å². The van der Waals surface area contributed by atoms with Crippen molar-refractivity contribution in [3.63, 3.8) is 0 Å². The summed E-state index contributed by atoms with van der Waals surface area (Å²) >= 11 is 6.35. The highest BCUT2D eigenvalue weighted by Crippen LogP contribution is 2.26. The number of nitrogens with two attached hydrogens (primary N) is 1. The number of hydrogen-bond acceptors (Lipinski definition) is 6. The first-order chi connectivity index (χ1) is 16.0. The van der Waals surface area contributed by atoms with Gasteiger partial charge < -0.3 is 11.1 Å². The number of carbonyl (C=O) groups is 1. The lowest BCUT2D eigenvalue weighted by Gasteiger charge is -2.21. The zero-order valence-corrected chi connectivity index (χ0v) is 18.2. The van der Waals surface area contributed by atoms with E-state index in [4.69, 9.17) is 17.3 Å². The predicted molar refractivity (Wildman–Crippen MR) is 126 cm³/mol. The number of aromatic nitrogens is 5. The monoisotopic (exact) mass is 459 g/mol. The van der Waals surface area contributed by atoms with Gasteiger partial charge in [0.25, 0.3) is 11.5 Å². The normalized spacial score (nSPS) is 12.2. The summed E-state index contributed by atoms with van der Waals surface area (Å²) in [4.78, 5) is 35.0. The molecule has 1 atom stereocenters. The van der Waals surface area contributed by atoms with Gasteiger partial charge in [-0.2, -0.15) is 0 Å². The number of nitrogens with zero attached hydrogens (tertiary/aromatic N) is 5. The van der Waals surface area contributed by atoms with Crippen LogP contribution in [-0.4, -0.2) is 30.1 Å². The molecule has 9 nitrogen and oxygen atoms in total. The molecule has 0 saturated heterocycles. The van der Waals surface area contributed by atoms with Gasteiger partial charge in [-0.1, -0.05) is 23.7 Å². The number of nitrogen functional groups attached to an aromatic ring is 1. The third-order valence-electron chi connectivity index (χ3n) is 5.37. The number of halogens is 1. The van der Waals surface area contributed by atoms with Crippen molar-refractivity contribution in [1.82, 2.24) is 29.5 Å². The summed E-state index contributed by atoms with van der Waals surface area (Å²) in [6.45, 7) is 1.78. The van der Waals surface area contributed by atoms with Crippen molar-refractivity contribution in [2.75, 3.05) is 5.73 Å². The van der Waals surface area contributed by atoms with Crippen molar-refractivity contribution >= 4 is 39.7 Å². The zero-order chi connectivity index (χ0) is 23.1. The van der Waals surface area contributed by atoms with Crippen LogP contribution < -0.4 is 16.6 Å². The van der Waals surface area contributed by atoms with E-state index in [0.29, 0.717) is 32.8 Å². The molecule has 0 aliphatic rings. The Balaban J connectivity index is 1.64. The average Bonchev–Trinajstić information content (AvgIpc) is 3.15. The van der Waals surface area contributed by atoms with Crippen LogP contribution in [0.1, 0.15) is 29.0 Å². The van der Waals surface area contributed by atoms with Crippen LogP contribution in [0.2, 0.25) is 5.02 Å².